The number of piperidine rings is 1. The number of nitrogens with zero attached hydrogens (tertiary/aromatic N) is 4. The summed E-state index contributed by atoms with van der Waals surface area (Å²) in [6.45, 7) is 5.22. The van der Waals surface area contributed by atoms with E-state index in [1.165, 1.54) is 11.1 Å². The minimum absolute atomic E-state index is 0.0360. The third-order valence-corrected chi connectivity index (χ3v) is 5.80. The summed E-state index contributed by atoms with van der Waals surface area (Å²) in [5.41, 5.74) is 3.62. The zero-order valence-corrected chi connectivity index (χ0v) is 16.7. The minimum atomic E-state index is 0.0360. The molecule has 1 aromatic heterocycles. The van der Waals surface area contributed by atoms with Crippen LogP contribution in [0.5, 0.6) is 5.75 Å². The predicted octanol–water partition coefficient (Wildman–Crippen LogP) is 3.12. The summed E-state index contributed by atoms with van der Waals surface area (Å²) in [6.07, 6.45) is 6.06. The molecule has 1 amide bonds. The highest BCUT2D eigenvalue weighted by atomic mass is 16.5. The lowest BCUT2D eigenvalue weighted by Crippen LogP contribution is -2.38. The Morgan fingerprint density at radius 2 is 2.04 bits per heavy atom. The molecule has 0 saturated carbocycles. The minimum Gasteiger partial charge on any atom is -0.497 e. The van der Waals surface area contributed by atoms with Crippen molar-refractivity contribution in [1.82, 2.24) is 19.8 Å². The van der Waals surface area contributed by atoms with Crippen molar-refractivity contribution in [2.75, 3.05) is 20.2 Å². The predicted molar refractivity (Wildman–Crippen MR) is 107 cm³/mol. The van der Waals surface area contributed by atoms with Crippen LogP contribution in [-0.2, 0) is 24.3 Å². The summed E-state index contributed by atoms with van der Waals surface area (Å²) in [7, 11) is 1.69. The first-order valence-corrected chi connectivity index (χ1v) is 10.1. The molecule has 0 unspecified atom stereocenters. The Balaban J connectivity index is 1.45. The molecule has 28 heavy (non-hydrogen) atoms. The molecule has 1 fully saturated rings. The van der Waals surface area contributed by atoms with Crippen LogP contribution in [0, 0.1) is 0 Å². The molecule has 6 heteroatoms. The first kappa shape index (κ1) is 18.9. The molecular formula is C22H28N4O2. The van der Waals surface area contributed by atoms with E-state index in [9.17, 15) is 4.79 Å². The number of fused-ring (bicyclic) bond motifs is 1. The van der Waals surface area contributed by atoms with Crippen molar-refractivity contribution in [3.8, 4) is 5.75 Å². The second-order valence-corrected chi connectivity index (χ2v) is 7.73. The Bertz CT molecular complexity index is 837. The smallest absolute Gasteiger partial charge is 0.220 e. The molecule has 1 aromatic carbocycles. The molecule has 0 N–H and O–H groups in total. The number of rotatable bonds is 4. The first-order valence-electron chi connectivity index (χ1n) is 10.1. The van der Waals surface area contributed by atoms with Gasteiger partial charge in [-0.25, -0.2) is 9.97 Å². The van der Waals surface area contributed by atoms with Crippen molar-refractivity contribution in [3.63, 3.8) is 0 Å². The van der Waals surface area contributed by atoms with Gasteiger partial charge >= 0.3 is 0 Å². The summed E-state index contributed by atoms with van der Waals surface area (Å²) >= 11 is 0. The quantitative estimate of drug-likeness (QED) is 0.816. The van der Waals surface area contributed by atoms with Gasteiger partial charge in [0.25, 0.3) is 0 Å². The number of hydrogen-bond donors (Lipinski definition) is 0. The summed E-state index contributed by atoms with van der Waals surface area (Å²) < 4.78 is 5.23. The molecule has 2 aliphatic rings. The number of benzene rings is 1. The Kier molecular flexibility index (Phi) is 5.57. The van der Waals surface area contributed by atoms with Crippen LogP contribution >= 0.6 is 0 Å². The normalized spacial score (nSPS) is 19.9. The van der Waals surface area contributed by atoms with Crippen molar-refractivity contribution >= 4 is 5.91 Å². The monoisotopic (exact) mass is 380 g/mol. The fraction of sp³-hybridized carbons (Fsp3) is 0.500. The van der Waals surface area contributed by atoms with Gasteiger partial charge in [0.15, 0.2) is 5.82 Å². The average Bonchev–Trinajstić information content (AvgIpc) is 2.74. The Hall–Kier alpha value is -2.47. The highest BCUT2D eigenvalue weighted by molar-refractivity contribution is 5.73. The molecule has 4 rings (SSSR count). The lowest BCUT2D eigenvalue weighted by molar-refractivity contribution is -0.132. The molecule has 1 saturated heterocycles. The van der Waals surface area contributed by atoms with Crippen LogP contribution in [-0.4, -0.2) is 45.9 Å². The lowest BCUT2D eigenvalue weighted by atomic mass is 10.0. The number of carbonyl (C=O) groups excluding carboxylic acids is 1. The Labute approximate surface area is 166 Å². The maximum atomic E-state index is 12.0. The second-order valence-electron chi connectivity index (χ2n) is 7.73. The zero-order chi connectivity index (χ0) is 19.5. The molecule has 6 nitrogen and oxygen atoms in total. The maximum Gasteiger partial charge on any atom is 0.220 e. The van der Waals surface area contributed by atoms with E-state index in [0.717, 1.165) is 69.1 Å². The van der Waals surface area contributed by atoms with Crippen molar-refractivity contribution in [1.29, 1.82) is 0 Å². The van der Waals surface area contributed by atoms with E-state index in [1.807, 2.05) is 23.2 Å². The van der Waals surface area contributed by atoms with Crippen LogP contribution in [0.4, 0.5) is 0 Å². The van der Waals surface area contributed by atoms with Crippen LogP contribution < -0.4 is 4.74 Å². The molecule has 2 aromatic rings. The van der Waals surface area contributed by atoms with Crippen LogP contribution in [0.3, 0.4) is 0 Å². The number of methoxy groups -OCH3 is 1. The number of likely N-dealkylation sites (tertiary alicyclic amines) is 1. The fourth-order valence-corrected chi connectivity index (χ4v) is 4.25. The van der Waals surface area contributed by atoms with Crippen LogP contribution in [0.25, 0.3) is 0 Å². The van der Waals surface area contributed by atoms with E-state index in [-0.39, 0.29) is 11.9 Å². The summed E-state index contributed by atoms with van der Waals surface area (Å²) in [6, 6.07) is 8.29. The number of ether oxygens (including phenoxy) is 1. The van der Waals surface area contributed by atoms with Crippen LogP contribution in [0.2, 0.25) is 0 Å². The van der Waals surface area contributed by atoms with E-state index >= 15 is 0 Å². The third kappa shape index (κ3) is 4.02. The van der Waals surface area contributed by atoms with Crippen molar-refractivity contribution in [3.05, 3.63) is 53.1 Å². The van der Waals surface area contributed by atoms with E-state index in [2.05, 4.69) is 22.0 Å². The van der Waals surface area contributed by atoms with Gasteiger partial charge in [-0.3, -0.25) is 9.69 Å². The summed E-state index contributed by atoms with van der Waals surface area (Å²) in [5.74, 6) is 1.82. The SMILES string of the molecule is COc1ccc(CN2CCc3nc([C@@H]4CCCCN4C(C)=O)ncc3C2)cc1. The highest BCUT2D eigenvalue weighted by Gasteiger charge is 2.29. The fourth-order valence-electron chi connectivity index (χ4n) is 4.25. The molecule has 148 valence electrons. The van der Waals surface area contributed by atoms with E-state index < -0.39 is 0 Å². The number of amides is 1. The van der Waals surface area contributed by atoms with Gasteiger partial charge in [-0.15, -0.1) is 0 Å². The third-order valence-electron chi connectivity index (χ3n) is 5.80. The van der Waals surface area contributed by atoms with Gasteiger partial charge < -0.3 is 9.64 Å². The number of hydrogen-bond acceptors (Lipinski definition) is 5. The van der Waals surface area contributed by atoms with Crippen molar-refractivity contribution in [2.45, 2.75) is 51.7 Å². The lowest BCUT2D eigenvalue weighted by Gasteiger charge is -2.35. The molecule has 1 atom stereocenters. The number of aromatic nitrogens is 2. The standard InChI is InChI=1S/C22H28N4O2/c1-16(27)26-11-4-3-5-21(26)22-23-13-18-15-25(12-10-20(18)24-22)14-17-6-8-19(28-2)9-7-17/h6-9,13,21H,3-5,10-12,14-15H2,1-2H3/t21-/m0/s1. The maximum absolute atomic E-state index is 12.0. The molecule has 3 heterocycles. The van der Waals surface area contributed by atoms with Gasteiger partial charge in [-0.1, -0.05) is 12.1 Å². The molecule has 0 radical (unpaired) electrons. The van der Waals surface area contributed by atoms with E-state index in [1.54, 1.807) is 14.0 Å². The van der Waals surface area contributed by atoms with Crippen molar-refractivity contribution < 1.29 is 9.53 Å². The van der Waals surface area contributed by atoms with Gasteiger partial charge in [0, 0.05) is 57.0 Å². The largest absolute Gasteiger partial charge is 0.497 e. The number of carbonyl (C=O) groups is 1. The Morgan fingerprint density at radius 3 is 2.79 bits per heavy atom. The Morgan fingerprint density at radius 1 is 1.21 bits per heavy atom. The van der Waals surface area contributed by atoms with Gasteiger partial charge in [0.05, 0.1) is 13.2 Å². The molecular weight excluding hydrogens is 352 g/mol. The molecule has 2 aliphatic heterocycles. The van der Waals surface area contributed by atoms with Gasteiger partial charge in [0.2, 0.25) is 5.91 Å². The summed E-state index contributed by atoms with van der Waals surface area (Å²) in [4.78, 5) is 25.9. The molecule has 0 spiro atoms. The van der Waals surface area contributed by atoms with E-state index in [4.69, 9.17) is 9.72 Å². The van der Waals surface area contributed by atoms with Gasteiger partial charge in [-0.2, -0.15) is 0 Å². The van der Waals surface area contributed by atoms with Gasteiger partial charge in [0.1, 0.15) is 5.75 Å². The topological polar surface area (TPSA) is 58.6 Å². The summed E-state index contributed by atoms with van der Waals surface area (Å²) in [5, 5.41) is 0. The zero-order valence-electron chi connectivity index (χ0n) is 16.7. The molecule has 0 aliphatic carbocycles. The highest BCUT2D eigenvalue weighted by Crippen LogP contribution is 2.30. The van der Waals surface area contributed by atoms with Crippen LogP contribution in [0.15, 0.2) is 30.5 Å². The van der Waals surface area contributed by atoms with Gasteiger partial charge in [-0.05, 0) is 37.0 Å². The average molecular weight is 380 g/mol. The second kappa shape index (κ2) is 8.27. The first-order chi connectivity index (χ1) is 13.6. The van der Waals surface area contributed by atoms with Crippen LogP contribution in [0.1, 0.15) is 54.9 Å². The van der Waals surface area contributed by atoms with Crippen molar-refractivity contribution in [2.24, 2.45) is 0 Å². The molecule has 0 bridgehead atoms. The van der Waals surface area contributed by atoms with E-state index in [0.29, 0.717) is 0 Å².